The van der Waals surface area contributed by atoms with Gasteiger partial charge in [0.25, 0.3) is 0 Å². The number of carbonyl (C=O) groups is 1. The first-order valence-electron chi connectivity index (χ1n) is 11.7. The summed E-state index contributed by atoms with van der Waals surface area (Å²) in [5, 5.41) is 0. The standard InChI is InChI=1S/C27H31BrFNO3/c1-18-7-9-21(33-22-11-14-30(17-22)13-4-12-29)16-24(18)26-23-10-8-20(27(31)32-2)15-19(23)5-3-6-25(26)28/h7-10,15-16,22H,3-6,11-14,17H2,1-2H3/t22-/m1/s1. The Balaban J connectivity index is 1.63. The van der Waals surface area contributed by atoms with Crippen molar-refractivity contribution >= 4 is 27.5 Å². The number of nitrogens with zero attached hydrogens (tertiary/aromatic N) is 1. The average Bonchev–Trinajstić information content (AvgIpc) is 3.19. The number of fused-ring (bicyclic) bond motifs is 1. The first-order chi connectivity index (χ1) is 16.0. The fraction of sp³-hybridized carbons (Fsp3) is 0.444. The van der Waals surface area contributed by atoms with Gasteiger partial charge in [-0.15, -0.1) is 0 Å². The molecule has 1 atom stereocenters. The van der Waals surface area contributed by atoms with Crippen LogP contribution in [0.5, 0.6) is 5.75 Å². The van der Waals surface area contributed by atoms with Crippen molar-refractivity contribution in [3.8, 4) is 5.75 Å². The second-order valence-electron chi connectivity index (χ2n) is 8.85. The molecule has 0 aromatic heterocycles. The Bertz CT molecular complexity index is 1050. The molecule has 0 N–H and O–H groups in total. The molecule has 4 nitrogen and oxygen atoms in total. The number of alkyl halides is 1. The third-order valence-corrected chi connectivity index (χ3v) is 7.32. The maximum atomic E-state index is 12.5. The van der Waals surface area contributed by atoms with Gasteiger partial charge in [0.15, 0.2) is 0 Å². The molecule has 1 aliphatic heterocycles. The number of rotatable bonds is 7. The van der Waals surface area contributed by atoms with Crippen molar-refractivity contribution in [2.45, 2.75) is 45.1 Å². The molecule has 0 spiro atoms. The van der Waals surface area contributed by atoms with E-state index in [1.807, 2.05) is 24.3 Å². The molecule has 2 aromatic rings. The molecular formula is C27H31BrFNO3. The normalized spacial score (nSPS) is 18.7. The maximum Gasteiger partial charge on any atom is 0.337 e. The fourth-order valence-electron chi connectivity index (χ4n) is 4.80. The Morgan fingerprint density at radius 2 is 2.03 bits per heavy atom. The van der Waals surface area contributed by atoms with Crippen molar-refractivity contribution in [2.75, 3.05) is 33.4 Å². The number of likely N-dealkylation sites (tertiary alicyclic amines) is 1. The van der Waals surface area contributed by atoms with Gasteiger partial charge in [-0.3, -0.25) is 9.29 Å². The van der Waals surface area contributed by atoms with E-state index < -0.39 is 0 Å². The summed E-state index contributed by atoms with van der Waals surface area (Å²) in [5.74, 6) is 0.549. The van der Waals surface area contributed by atoms with Crippen LogP contribution in [0.1, 0.15) is 58.3 Å². The molecule has 0 amide bonds. The summed E-state index contributed by atoms with van der Waals surface area (Å²) in [4.78, 5) is 14.3. The molecule has 1 heterocycles. The lowest BCUT2D eigenvalue weighted by Gasteiger charge is -2.19. The molecule has 33 heavy (non-hydrogen) atoms. The summed E-state index contributed by atoms with van der Waals surface area (Å²) in [5.41, 5.74) is 6.37. The summed E-state index contributed by atoms with van der Waals surface area (Å²) in [7, 11) is 1.41. The van der Waals surface area contributed by atoms with E-state index >= 15 is 0 Å². The van der Waals surface area contributed by atoms with Crippen LogP contribution < -0.4 is 4.74 Å². The summed E-state index contributed by atoms with van der Waals surface area (Å²) in [6.45, 7) is 4.44. The Labute approximate surface area is 203 Å². The lowest BCUT2D eigenvalue weighted by Crippen LogP contribution is -2.26. The van der Waals surface area contributed by atoms with Gasteiger partial charge in [-0.2, -0.15) is 0 Å². The van der Waals surface area contributed by atoms with Crippen LogP contribution in [-0.2, 0) is 11.2 Å². The van der Waals surface area contributed by atoms with Crippen molar-refractivity contribution in [3.63, 3.8) is 0 Å². The zero-order valence-electron chi connectivity index (χ0n) is 19.3. The molecule has 0 bridgehead atoms. The van der Waals surface area contributed by atoms with Crippen LogP contribution in [0.15, 0.2) is 40.9 Å². The zero-order valence-corrected chi connectivity index (χ0v) is 20.9. The van der Waals surface area contributed by atoms with Gasteiger partial charge in [0.05, 0.1) is 19.3 Å². The van der Waals surface area contributed by atoms with Crippen molar-refractivity contribution in [3.05, 3.63) is 68.7 Å². The van der Waals surface area contributed by atoms with Gasteiger partial charge in [-0.1, -0.05) is 28.1 Å². The second kappa shape index (κ2) is 10.8. The highest BCUT2D eigenvalue weighted by atomic mass is 79.9. The van der Waals surface area contributed by atoms with Crippen LogP contribution >= 0.6 is 15.9 Å². The third kappa shape index (κ3) is 5.49. The van der Waals surface area contributed by atoms with Gasteiger partial charge < -0.3 is 9.47 Å². The number of aryl methyl sites for hydroxylation is 2. The first-order valence-corrected chi connectivity index (χ1v) is 12.5. The highest BCUT2D eigenvalue weighted by Crippen LogP contribution is 2.40. The first kappa shape index (κ1) is 24.0. The largest absolute Gasteiger partial charge is 0.489 e. The molecular weight excluding hydrogens is 485 g/mol. The molecule has 1 aliphatic carbocycles. The molecule has 1 fully saturated rings. The summed E-state index contributed by atoms with van der Waals surface area (Å²) < 4.78 is 25.0. The molecule has 0 saturated carbocycles. The van der Waals surface area contributed by atoms with Crippen molar-refractivity contribution < 1.29 is 18.7 Å². The summed E-state index contributed by atoms with van der Waals surface area (Å²) in [6.07, 6.45) is 4.52. The average molecular weight is 516 g/mol. The monoisotopic (exact) mass is 515 g/mol. The van der Waals surface area contributed by atoms with E-state index in [1.54, 1.807) is 0 Å². The quantitative estimate of drug-likeness (QED) is 0.418. The van der Waals surface area contributed by atoms with Crippen molar-refractivity contribution in [1.29, 1.82) is 0 Å². The Hall–Kier alpha value is -2.18. The summed E-state index contributed by atoms with van der Waals surface area (Å²) in [6, 6.07) is 12.1. The minimum absolute atomic E-state index is 0.127. The van der Waals surface area contributed by atoms with E-state index in [4.69, 9.17) is 9.47 Å². The molecule has 176 valence electrons. The lowest BCUT2D eigenvalue weighted by atomic mass is 9.90. The minimum atomic E-state index is -0.310. The Morgan fingerprint density at radius 1 is 1.18 bits per heavy atom. The lowest BCUT2D eigenvalue weighted by molar-refractivity contribution is 0.0600. The van der Waals surface area contributed by atoms with Crippen LogP contribution in [0.25, 0.3) is 5.57 Å². The minimum Gasteiger partial charge on any atom is -0.489 e. The molecule has 4 rings (SSSR count). The van der Waals surface area contributed by atoms with Crippen LogP contribution in [0.4, 0.5) is 4.39 Å². The second-order valence-corrected chi connectivity index (χ2v) is 9.80. The molecule has 1 saturated heterocycles. The number of benzene rings is 2. The number of methoxy groups -OCH3 is 1. The van der Waals surface area contributed by atoms with E-state index in [0.717, 1.165) is 73.3 Å². The molecule has 6 heteroatoms. The van der Waals surface area contributed by atoms with Crippen LogP contribution in [0.3, 0.4) is 0 Å². The topological polar surface area (TPSA) is 38.8 Å². The smallest absolute Gasteiger partial charge is 0.337 e. The van der Waals surface area contributed by atoms with E-state index in [1.165, 1.54) is 17.2 Å². The van der Waals surface area contributed by atoms with Gasteiger partial charge in [0, 0.05) is 24.1 Å². The van der Waals surface area contributed by atoms with Gasteiger partial charge in [-0.05, 0) is 91.1 Å². The number of allylic oxidation sites excluding steroid dienone is 1. The van der Waals surface area contributed by atoms with Crippen LogP contribution in [-0.4, -0.2) is 50.4 Å². The number of ether oxygens (including phenoxy) is 2. The van der Waals surface area contributed by atoms with E-state index in [0.29, 0.717) is 12.0 Å². The molecule has 2 aromatic carbocycles. The summed E-state index contributed by atoms with van der Waals surface area (Å²) >= 11 is 3.86. The fourth-order valence-corrected chi connectivity index (χ4v) is 5.51. The van der Waals surface area contributed by atoms with E-state index in [-0.39, 0.29) is 18.7 Å². The molecule has 2 aliphatic rings. The van der Waals surface area contributed by atoms with Crippen LogP contribution in [0, 0.1) is 6.92 Å². The SMILES string of the molecule is COC(=O)c1ccc2c(c1)CCCC(Br)=C2c1cc(O[C@@H]2CCN(CCCF)C2)ccc1C. The molecule has 0 unspecified atom stereocenters. The van der Waals surface area contributed by atoms with Crippen LogP contribution in [0.2, 0.25) is 0 Å². The maximum absolute atomic E-state index is 12.5. The van der Waals surface area contributed by atoms with Gasteiger partial charge in [-0.25, -0.2) is 4.79 Å². The number of esters is 1. The van der Waals surface area contributed by atoms with Crippen molar-refractivity contribution in [1.82, 2.24) is 4.90 Å². The highest BCUT2D eigenvalue weighted by molar-refractivity contribution is 9.11. The zero-order chi connectivity index (χ0) is 23.4. The number of hydrogen-bond acceptors (Lipinski definition) is 4. The highest BCUT2D eigenvalue weighted by Gasteiger charge is 2.25. The van der Waals surface area contributed by atoms with Crippen molar-refractivity contribution in [2.24, 2.45) is 0 Å². The van der Waals surface area contributed by atoms with Gasteiger partial charge >= 0.3 is 5.97 Å². The molecule has 0 radical (unpaired) electrons. The number of halogens is 2. The predicted molar refractivity (Wildman–Crippen MR) is 133 cm³/mol. The van der Waals surface area contributed by atoms with Gasteiger partial charge in [0.1, 0.15) is 11.9 Å². The Kier molecular flexibility index (Phi) is 7.86. The van der Waals surface area contributed by atoms with Gasteiger partial charge in [0.2, 0.25) is 0 Å². The number of carbonyl (C=O) groups excluding carboxylic acids is 1. The Morgan fingerprint density at radius 3 is 2.82 bits per heavy atom. The third-order valence-electron chi connectivity index (χ3n) is 6.53. The van der Waals surface area contributed by atoms with E-state index in [2.05, 4.69) is 39.9 Å². The number of hydrogen-bond donors (Lipinski definition) is 0. The predicted octanol–water partition coefficient (Wildman–Crippen LogP) is 6.08. The van der Waals surface area contributed by atoms with E-state index in [9.17, 15) is 9.18 Å².